The summed E-state index contributed by atoms with van der Waals surface area (Å²) in [5.41, 5.74) is -0.423. The van der Waals surface area contributed by atoms with Crippen LogP contribution in [0.1, 0.15) is 41.4 Å². The van der Waals surface area contributed by atoms with Gasteiger partial charge in [-0.2, -0.15) is 0 Å². The lowest BCUT2D eigenvalue weighted by Crippen LogP contribution is -2.06. The zero-order chi connectivity index (χ0) is 26.0. The van der Waals surface area contributed by atoms with Crippen molar-refractivity contribution >= 4 is 23.9 Å². The molecule has 0 aliphatic rings. The molecule has 14 nitrogen and oxygen atoms in total. The van der Waals surface area contributed by atoms with Crippen LogP contribution < -0.4 is 0 Å². The van der Waals surface area contributed by atoms with Gasteiger partial charge in [0.05, 0.1) is 27.9 Å². The number of nitrogens with zero attached hydrogens (tertiary/aromatic N) is 6. The van der Waals surface area contributed by atoms with E-state index in [9.17, 15) is 39.6 Å². The molecule has 0 spiro atoms. The van der Waals surface area contributed by atoms with Crippen LogP contribution in [0.25, 0.3) is 34.2 Å². The highest BCUT2D eigenvalue weighted by atomic mass is 16.4. The van der Waals surface area contributed by atoms with Crippen molar-refractivity contribution in [1.82, 2.24) is 30.6 Å². The molecule has 4 rings (SSSR count). The van der Waals surface area contributed by atoms with Crippen molar-refractivity contribution in [3.8, 4) is 34.2 Å². The first-order chi connectivity index (χ1) is 17.1. The van der Waals surface area contributed by atoms with Gasteiger partial charge in [0.1, 0.15) is 5.69 Å². The quantitative estimate of drug-likeness (QED) is 0.291. The van der Waals surface area contributed by atoms with Crippen LogP contribution in [0.4, 0.5) is 0 Å². The Balaban J connectivity index is 1.64. The van der Waals surface area contributed by atoms with E-state index < -0.39 is 23.9 Å². The zero-order valence-electron chi connectivity index (χ0n) is 17.7. The molecule has 0 unspecified atom stereocenters. The maximum absolute atomic E-state index is 11.3. The fraction of sp³-hybridized carbons (Fsp3) is 0. The molecule has 4 aromatic rings. The van der Waals surface area contributed by atoms with Crippen LogP contribution in [0.5, 0.6) is 0 Å². The van der Waals surface area contributed by atoms with Gasteiger partial charge in [0.25, 0.3) is 0 Å². The van der Waals surface area contributed by atoms with Gasteiger partial charge in [0, 0.05) is 11.1 Å². The Labute approximate surface area is 199 Å². The van der Waals surface area contributed by atoms with E-state index in [-0.39, 0.29) is 56.4 Å². The third-order valence-electron chi connectivity index (χ3n) is 4.78. The van der Waals surface area contributed by atoms with Gasteiger partial charge in [-0.15, -0.1) is 30.6 Å². The smallest absolute Gasteiger partial charge is 0.335 e. The van der Waals surface area contributed by atoms with E-state index in [1.807, 2.05) is 0 Å². The second-order valence-corrected chi connectivity index (χ2v) is 7.17. The summed E-state index contributed by atoms with van der Waals surface area (Å²) in [5, 5.41) is 60.3. The number of aromatic nitrogens is 6. The number of carbonyl (C=O) groups is 4. The standard InChI is InChI=1S/C22H12N6O8/c29-19(30)11-3-9(4-12(7-11)20(31)32)15-1-2-16(24-23-15)18-27-25-17(26-28-18)10-5-13(21(33)34)8-14(6-10)22(35)36/h1-8H,(H,29,30)(H,31,32)(H,33,34)(H,35,36). The first kappa shape index (κ1) is 23.5. The summed E-state index contributed by atoms with van der Waals surface area (Å²) < 4.78 is 0. The Morgan fingerprint density at radius 1 is 0.444 bits per heavy atom. The lowest BCUT2D eigenvalue weighted by atomic mass is 10.0. The molecule has 0 aliphatic heterocycles. The molecule has 0 aliphatic carbocycles. The van der Waals surface area contributed by atoms with Crippen molar-refractivity contribution in [2.24, 2.45) is 0 Å². The molecule has 36 heavy (non-hydrogen) atoms. The van der Waals surface area contributed by atoms with Crippen LogP contribution in [0.2, 0.25) is 0 Å². The molecule has 2 heterocycles. The molecule has 178 valence electrons. The Hall–Kier alpha value is -5.66. The molecule has 0 radical (unpaired) electrons. The largest absolute Gasteiger partial charge is 0.478 e. The van der Waals surface area contributed by atoms with E-state index in [2.05, 4.69) is 30.6 Å². The van der Waals surface area contributed by atoms with Crippen molar-refractivity contribution in [1.29, 1.82) is 0 Å². The number of carboxylic acid groups (broad SMARTS) is 4. The van der Waals surface area contributed by atoms with Gasteiger partial charge < -0.3 is 20.4 Å². The average Bonchev–Trinajstić information content (AvgIpc) is 2.88. The Bertz CT molecular complexity index is 1360. The third kappa shape index (κ3) is 4.81. The van der Waals surface area contributed by atoms with Crippen molar-refractivity contribution in [2.75, 3.05) is 0 Å². The highest BCUT2D eigenvalue weighted by Crippen LogP contribution is 2.23. The lowest BCUT2D eigenvalue weighted by Gasteiger charge is -2.06. The number of hydrogen-bond acceptors (Lipinski definition) is 10. The molecule has 14 heteroatoms. The zero-order valence-corrected chi connectivity index (χ0v) is 17.7. The molecule has 0 amide bonds. The molecule has 0 saturated carbocycles. The Morgan fingerprint density at radius 3 is 1.19 bits per heavy atom. The molecule has 2 aromatic carbocycles. The number of hydrogen-bond donors (Lipinski definition) is 4. The summed E-state index contributed by atoms with van der Waals surface area (Å²) in [6, 6.07) is 9.76. The first-order valence-corrected chi connectivity index (χ1v) is 9.78. The van der Waals surface area contributed by atoms with Gasteiger partial charge >= 0.3 is 23.9 Å². The van der Waals surface area contributed by atoms with Gasteiger partial charge in [0.2, 0.25) is 11.6 Å². The van der Waals surface area contributed by atoms with Crippen LogP contribution in [0.15, 0.2) is 48.5 Å². The summed E-state index contributed by atoms with van der Waals surface area (Å²) in [7, 11) is 0. The number of rotatable bonds is 7. The van der Waals surface area contributed by atoms with Crippen LogP contribution in [-0.4, -0.2) is 74.9 Å². The molecular formula is C22H12N6O8. The van der Waals surface area contributed by atoms with Gasteiger partial charge in [-0.1, -0.05) is 0 Å². The lowest BCUT2D eigenvalue weighted by molar-refractivity contribution is 0.0676. The predicted octanol–water partition coefficient (Wildman–Crippen LogP) is 1.85. The van der Waals surface area contributed by atoms with E-state index in [1.165, 1.54) is 36.4 Å². The van der Waals surface area contributed by atoms with Gasteiger partial charge in [-0.25, -0.2) is 19.2 Å². The number of benzene rings is 2. The molecule has 0 fully saturated rings. The minimum absolute atomic E-state index is 0.0591. The van der Waals surface area contributed by atoms with Crippen LogP contribution >= 0.6 is 0 Å². The van der Waals surface area contributed by atoms with Crippen molar-refractivity contribution in [3.63, 3.8) is 0 Å². The summed E-state index contributed by atoms with van der Waals surface area (Å²) in [6.45, 7) is 0. The monoisotopic (exact) mass is 488 g/mol. The van der Waals surface area contributed by atoms with E-state index >= 15 is 0 Å². The van der Waals surface area contributed by atoms with Crippen LogP contribution in [-0.2, 0) is 0 Å². The SMILES string of the molecule is O=C(O)c1cc(C(=O)O)cc(-c2ccc(-c3nnc(-c4cc(C(=O)O)cc(C(=O)O)c4)nn3)nn2)c1. The Kier molecular flexibility index (Phi) is 6.07. The maximum atomic E-state index is 11.3. The fourth-order valence-electron chi connectivity index (χ4n) is 3.08. The van der Waals surface area contributed by atoms with E-state index in [0.29, 0.717) is 0 Å². The minimum Gasteiger partial charge on any atom is -0.478 e. The summed E-state index contributed by atoms with van der Waals surface area (Å²) in [6.07, 6.45) is 0. The third-order valence-corrected chi connectivity index (χ3v) is 4.78. The highest BCUT2D eigenvalue weighted by Gasteiger charge is 2.16. The van der Waals surface area contributed by atoms with Crippen LogP contribution in [0.3, 0.4) is 0 Å². The molecule has 4 N–H and O–H groups in total. The molecule has 0 atom stereocenters. The molecule has 0 saturated heterocycles. The molecule has 0 bridgehead atoms. The van der Waals surface area contributed by atoms with Crippen LogP contribution in [0, 0.1) is 0 Å². The first-order valence-electron chi connectivity index (χ1n) is 9.78. The van der Waals surface area contributed by atoms with Crippen molar-refractivity contribution in [3.05, 3.63) is 70.8 Å². The minimum atomic E-state index is -1.34. The second-order valence-electron chi connectivity index (χ2n) is 7.17. The van der Waals surface area contributed by atoms with Gasteiger partial charge in [0.15, 0.2) is 0 Å². The van der Waals surface area contributed by atoms with E-state index in [4.69, 9.17) is 0 Å². The summed E-state index contributed by atoms with van der Waals surface area (Å²) in [4.78, 5) is 45.2. The topological polar surface area (TPSA) is 227 Å². The molecular weight excluding hydrogens is 476 g/mol. The highest BCUT2D eigenvalue weighted by molar-refractivity contribution is 5.96. The number of carboxylic acids is 4. The second kappa shape index (κ2) is 9.30. The van der Waals surface area contributed by atoms with E-state index in [1.54, 1.807) is 0 Å². The van der Waals surface area contributed by atoms with Gasteiger partial charge in [-0.05, 0) is 48.5 Å². The summed E-state index contributed by atoms with van der Waals surface area (Å²) in [5.74, 6) is -5.47. The summed E-state index contributed by atoms with van der Waals surface area (Å²) >= 11 is 0. The van der Waals surface area contributed by atoms with Gasteiger partial charge in [-0.3, -0.25) is 0 Å². The Morgan fingerprint density at radius 2 is 0.806 bits per heavy atom. The van der Waals surface area contributed by atoms with E-state index in [0.717, 1.165) is 12.1 Å². The number of aromatic carboxylic acids is 4. The fourth-order valence-corrected chi connectivity index (χ4v) is 3.08. The van der Waals surface area contributed by atoms with Crippen molar-refractivity contribution in [2.45, 2.75) is 0 Å². The molecule has 2 aromatic heterocycles. The normalized spacial score (nSPS) is 10.6. The van der Waals surface area contributed by atoms with Crippen molar-refractivity contribution < 1.29 is 39.6 Å². The maximum Gasteiger partial charge on any atom is 0.335 e. The average molecular weight is 488 g/mol. The predicted molar refractivity (Wildman–Crippen MR) is 117 cm³/mol.